The summed E-state index contributed by atoms with van der Waals surface area (Å²) in [6, 6.07) is 8.51. The molecule has 0 spiro atoms. The Balaban J connectivity index is 2.49. The van der Waals surface area contributed by atoms with E-state index in [1.165, 1.54) is 5.56 Å². The highest BCUT2D eigenvalue weighted by Gasteiger charge is 2.18. The van der Waals surface area contributed by atoms with E-state index >= 15 is 0 Å². The molecule has 0 saturated carbocycles. The number of hydrogen-bond acceptors (Lipinski definition) is 2. The predicted octanol–water partition coefficient (Wildman–Crippen LogP) is 3.26. The zero-order chi connectivity index (χ0) is 12.9. The molecule has 1 rings (SSSR count). The molecule has 0 aliphatic heterocycles. The van der Waals surface area contributed by atoms with Gasteiger partial charge in [-0.05, 0) is 43.1 Å². The lowest BCUT2D eigenvalue weighted by molar-refractivity contribution is 0.195. The largest absolute Gasteiger partial charge is 0.330 e. The van der Waals surface area contributed by atoms with Gasteiger partial charge in [0.1, 0.15) is 0 Å². The third-order valence-electron chi connectivity index (χ3n) is 2.88. The number of hydrogen-bond donors (Lipinski definition) is 1. The molecule has 0 aromatic heterocycles. The van der Waals surface area contributed by atoms with E-state index in [2.05, 4.69) is 66.0 Å². The lowest BCUT2D eigenvalue weighted by Gasteiger charge is -2.30. The fourth-order valence-corrected chi connectivity index (χ4v) is 2.42. The fraction of sp³-hybridized carbons (Fsp3) is 0.571. The van der Waals surface area contributed by atoms with Crippen molar-refractivity contribution in [2.75, 3.05) is 20.1 Å². The van der Waals surface area contributed by atoms with Crippen molar-refractivity contribution in [3.63, 3.8) is 0 Å². The SMILES string of the molecule is CN(Cc1ccc(Br)cc1)CC(C)(C)CCN. The predicted molar refractivity (Wildman–Crippen MR) is 77.9 cm³/mol. The molecule has 96 valence electrons. The maximum atomic E-state index is 5.64. The summed E-state index contributed by atoms with van der Waals surface area (Å²) in [4.78, 5) is 2.36. The minimum absolute atomic E-state index is 0.291. The Morgan fingerprint density at radius 1 is 1.24 bits per heavy atom. The lowest BCUT2D eigenvalue weighted by atomic mass is 9.89. The molecule has 2 N–H and O–H groups in total. The summed E-state index contributed by atoms with van der Waals surface area (Å²) < 4.78 is 1.13. The fourth-order valence-electron chi connectivity index (χ4n) is 2.16. The second kappa shape index (κ2) is 6.53. The first-order chi connectivity index (χ1) is 7.93. The molecule has 0 heterocycles. The van der Waals surface area contributed by atoms with E-state index < -0.39 is 0 Å². The molecule has 3 heteroatoms. The zero-order valence-electron chi connectivity index (χ0n) is 11.0. The van der Waals surface area contributed by atoms with Crippen molar-refractivity contribution in [1.82, 2.24) is 4.90 Å². The van der Waals surface area contributed by atoms with E-state index in [9.17, 15) is 0 Å². The van der Waals surface area contributed by atoms with Gasteiger partial charge in [-0.1, -0.05) is 41.9 Å². The molecule has 2 nitrogen and oxygen atoms in total. The minimum atomic E-state index is 0.291. The summed E-state index contributed by atoms with van der Waals surface area (Å²) >= 11 is 3.45. The van der Waals surface area contributed by atoms with Gasteiger partial charge in [-0.15, -0.1) is 0 Å². The Hall–Kier alpha value is -0.380. The molecule has 0 aliphatic rings. The van der Waals surface area contributed by atoms with Gasteiger partial charge in [0.05, 0.1) is 0 Å². The van der Waals surface area contributed by atoms with Gasteiger partial charge in [-0.3, -0.25) is 0 Å². The van der Waals surface area contributed by atoms with Crippen LogP contribution in [0.1, 0.15) is 25.8 Å². The Bertz CT molecular complexity index is 333. The molecule has 0 amide bonds. The maximum absolute atomic E-state index is 5.64. The van der Waals surface area contributed by atoms with Crippen LogP contribution in [-0.4, -0.2) is 25.0 Å². The Labute approximate surface area is 113 Å². The van der Waals surface area contributed by atoms with Gasteiger partial charge in [-0.25, -0.2) is 0 Å². The average Bonchev–Trinajstić information content (AvgIpc) is 2.20. The van der Waals surface area contributed by atoms with Crippen LogP contribution in [-0.2, 0) is 6.54 Å². The quantitative estimate of drug-likeness (QED) is 0.873. The van der Waals surface area contributed by atoms with Crippen LogP contribution in [0.3, 0.4) is 0 Å². The van der Waals surface area contributed by atoms with Crippen molar-refractivity contribution >= 4 is 15.9 Å². The third-order valence-corrected chi connectivity index (χ3v) is 3.41. The van der Waals surface area contributed by atoms with Crippen LogP contribution in [0.15, 0.2) is 28.7 Å². The minimum Gasteiger partial charge on any atom is -0.330 e. The van der Waals surface area contributed by atoms with Crippen LogP contribution < -0.4 is 5.73 Å². The Kier molecular flexibility index (Phi) is 5.63. The molecule has 0 unspecified atom stereocenters. The molecule has 0 fully saturated rings. The zero-order valence-corrected chi connectivity index (χ0v) is 12.6. The summed E-state index contributed by atoms with van der Waals surface area (Å²) in [6.45, 7) is 7.37. The van der Waals surface area contributed by atoms with E-state index in [-0.39, 0.29) is 0 Å². The van der Waals surface area contributed by atoms with Crippen molar-refractivity contribution in [2.24, 2.45) is 11.1 Å². The number of nitrogens with zero attached hydrogens (tertiary/aromatic N) is 1. The van der Waals surface area contributed by atoms with Crippen molar-refractivity contribution in [3.05, 3.63) is 34.3 Å². The van der Waals surface area contributed by atoms with E-state index in [1.54, 1.807) is 0 Å². The van der Waals surface area contributed by atoms with Gasteiger partial charge in [0, 0.05) is 17.6 Å². The first-order valence-electron chi connectivity index (χ1n) is 6.06. The van der Waals surface area contributed by atoms with Gasteiger partial charge in [0.2, 0.25) is 0 Å². The van der Waals surface area contributed by atoms with Crippen molar-refractivity contribution < 1.29 is 0 Å². The average molecular weight is 299 g/mol. The highest BCUT2D eigenvalue weighted by atomic mass is 79.9. The summed E-state index contributed by atoms with van der Waals surface area (Å²) in [5, 5.41) is 0. The van der Waals surface area contributed by atoms with Crippen LogP contribution in [0.25, 0.3) is 0 Å². The van der Waals surface area contributed by atoms with E-state index in [0.29, 0.717) is 5.41 Å². The monoisotopic (exact) mass is 298 g/mol. The standard InChI is InChI=1S/C14H23BrN2/c1-14(2,8-9-16)11-17(3)10-12-4-6-13(15)7-5-12/h4-7H,8-11,16H2,1-3H3. The van der Waals surface area contributed by atoms with Gasteiger partial charge in [0.25, 0.3) is 0 Å². The first kappa shape index (κ1) is 14.7. The molecule has 0 aliphatic carbocycles. The van der Waals surface area contributed by atoms with E-state index in [1.807, 2.05) is 0 Å². The van der Waals surface area contributed by atoms with E-state index in [0.717, 1.165) is 30.5 Å². The molecule has 0 bridgehead atoms. The molecule has 0 radical (unpaired) electrons. The van der Waals surface area contributed by atoms with Gasteiger partial charge in [0.15, 0.2) is 0 Å². The molecule has 0 saturated heterocycles. The summed E-state index contributed by atoms with van der Waals surface area (Å²) in [6.07, 6.45) is 1.07. The topological polar surface area (TPSA) is 29.3 Å². The molecule has 1 aromatic carbocycles. The molecule has 0 atom stereocenters. The van der Waals surface area contributed by atoms with Crippen LogP contribution in [0, 0.1) is 5.41 Å². The van der Waals surface area contributed by atoms with Gasteiger partial charge in [-0.2, -0.15) is 0 Å². The maximum Gasteiger partial charge on any atom is 0.0230 e. The van der Waals surface area contributed by atoms with Gasteiger partial charge < -0.3 is 10.6 Å². The van der Waals surface area contributed by atoms with Crippen molar-refractivity contribution in [2.45, 2.75) is 26.8 Å². The van der Waals surface area contributed by atoms with Crippen molar-refractivity contribution in [1.29, 1.82) is 0 Å². The molecular formula is C14H23BrN2. The third kappa shape index (κ3) is 5.66. The smallest absolute Gasteiger partial charge is 0.0230 e. The molecule has 17 heavy (non-hydrogen) atoms. The Morgan fingerprint density at radius 2 is 1.82 bits per heavy atom. The first-order valence-corrected chi connectivity index (χ1v) is 6.85. The summed E-state index contributed by atoms with van der Waals surface area (Å²) in [7, 11) is 2.17. The second-order valence-electron chi connectivity index (χ2n) is 5.50. The van der Waals surface area contributed by atoms with E-state index in [4.69, 9.17) is 5.73 Å². The second-order valence-corrected chi connectivity index (χ2v) is 6.42. The normalized spacial score (nSPS) is 12.1. The summed E-state index contributed by atoms with van der Waals surface area (Å²) in [5.41, 5.74) is 7.27. The number of rotatable bonds is 6. The lowest BCUT2D eigenvalue weighted by Crippen LogP contribution is -2.32. The molecule has 1 aromatic rings. The number of benzene rings is 1. The van der Waals surface area contributed by atoms with Crippen LogP contribution in [0.2, 0.25) is 0 Å². The van der Waals surface area contributed by atoms with Crippen LogP contribution in [0.5, 0.6) is 0 Å². The summed E-state index contributed by atoms with van der Waals surface area (Å²) in [5.74, 6) is 0. The van der Waals surface area contributed by atoms with Gasteiger partial charge >= 0.3 is 0 Å². The van der Waals surface area contributed by atoms with Crippen LogP contribution >= 0.6 is 15.9 Å². The molecular weight excluding hydrogens is 276 g/mol. The number of nitrogens with two attached hydrogens (primary N) is 1. The highest BCUT2D eigenvalue weighted by Crippen LogP contribution is 2.21. The van der Waals surface area contributed by atoms with Crippen molar-refractivity contribution in [3.8, 4) is 0 Å². The van der Waals surface area contributed by atoms with Crippen LogP contribution in [0.4, 0.5) is 0 Å². The number of halogens is 1. The highest BCUT2D eigenvalue weighted by molar-refractivity contribution is 9.10. The Morgan fingerprint density at radius 3 is 2.35 bits per heavy atom.